The minimum absolute atomic E-state index is 0.598. The number of hydrogen-bond donors (Lipinski definition) is 2. The Bertz CT molecular complexity index is 222. The summed E-state index contributed by atoms with van der Waals surface area (Å²) < 4.78 is 5.25. The number of rotatable bonds is 5. The third-order valence-electron chi connectivity index (χ3n) is 2.65. The fourth-order valence-electron chi connectivity index (χ4n) is 1.68. The summed E-state index contributed by atoms with van der Waals surface area (Å²) in [5.74, 6) is 0.609. The molecule has 1 unspecified atom stereocenters. The summed E-state index contributed by atoms with van der Waals surface area (Å²) in [5, 5.41) is 13.5. The maximum Gasteiger partial charge on any atom is 0.0984 e. The van der Waals surface area contributed by atoms with Crippen LogP contribution in [0, 0.1) is 5.92 Å². The summed E-state index contributed by atoms with van der Waals surface area (Å²) in [5.41, 5.74) is 0.236. The maximum atomic E-state index is 10.2. The highest BCUT2D eigenvalue weighted by Crippen LogP contribution is 2.23. The van der Waals surface area contributed by atoms with Crippen molar-refractivity contribution in [2.75, 3.05) is 19.7 Å². The van der Waals surface area contributed by atoms with Crippen LogP contribution in [0.15, 0.2) is 11.8 Å². The van der Waals surface area contributed by atoms with Crippen molar-refractivity contribution in [3.8, 4) is 0 Å². The highest BCUT2D eigenvalue weighted by atomic mass is 16.5. The lowest BCUT2D eigenvalue weighted by Crippen LogP contribution is -2.41. The number of nitrogens with one attached hydrogen (secondary N) is 1. The van der Waals surface area contributed by atoms with E-state index in [0.717, 1.165) is 31.6 Å². The SMILES string of the molecule is CC(C)CNCC(C)(O)C1=COCCC1. The molecule has 0 spiro atoms. The Hall–Kier alpha value is -0.540. The molecule has 0 amide bonds. The first kappa shape index (κ1) is 12.5. The van der Waals surface area contributed by atoms with E-state index >= 15 is 0 Å². The Balaban J connectivity index is 2.39. The molecule has 0 bridgehead atoms. The van der Waals surface area contributed by atoms with Crippen LogP contribution >= 0.6 is 0 Å². The average molecular weight is 213 g/mol. The molecular formula is C12H23NO2. The lowest BCUT2D eigenvalue weighted by atomic mass is 9.92. The first-order valence-electron chi connectivity index (χ1n) is 5.76. The van der Waals surface area contributed by atoms with Crippen molar-refractivity contribution < 1.29 is 9.84 Å². The van der Waals surface area contributed by atoms with E-state index in [1.165, 1.54) is 0 Å². The topological polar surface area (TPSA) is 41.5 Å². The van der Waals surface area contributed by atoms with Crippen LogP contribution in [0.5, 0.6) is 0 Å². The van der Waals surface area contributed by atoms with E-state index in [1.54, 1.807) is 6.26 Å². The third kappa shape index (κ3) is 4.22. The van der Waals surface area contributed by atoms with Crippen LogP contribution in [0.2, 0.25) is 0 Å². The van der Waals surface area contributed by atoms with Crippen molar-refractivity contribution >= 4 is 0 Å². The molecule has 1 atom stereocenters. The van der Waals surface area contributed by atoms with Gasteiger partial charge in [-0.3, -0.25) is 0 Å². The molecule has 1 rings (SSSR count). The summed E-state index contributed by atoms with van der Waals surface area (Å²) in [4.78, 5) is 0. The Morgan fingerprint density at radius 2 is 2.33 bits per heavy atom. The molecule has 0 saturated carbocycles. The average Bonchev–Trinajstić information content (AvgIpc) is 2.18. The minimum atomic E-state index is -0.769. The van der Waals surface area contributed by atoms with Crippen LogP contribution < -0.4 is 5.32 Å². The normalized spacial score (nSPS) is 20.7. The van der Waals surface area contributed by atoms with Gasteiger partial charge in [-0.1, -0.05) is 13.8 Å². The van der Waals surface area contributed by atoms with Crippen molar-refractivity contribution in [1.29, 1.82) is 0 Å². The van der Waals surface area contributed by atoms with Gasteiger partial charge in [-0.05, 0) is 37.8 Å². The molecule has 1 aliphatic rings. The van der Waals surface area contributed by atoms with Gasteiger partial charge in [0.15, 0.2) is 0 Å². The fraction of sp³-hybridized carbons (Fsp3) is 0.833. The summed E-state index contributed by atoms with van der Waals surface area (Å²) in [7, 11) is 0. The zero-order chi connectivity index (χ0) is 11.3. The Morgan fingerprint density at radius 1 is 1.60 bits per heavy atom. The van der Waals surface area contributed by atoms with Gasteiger partial charge in [0.1, 0.15) is 0 Å². The summed E-state index contributed by atoms with van der Waals surface area (Å²) in [6.07, 6.45) is 3.67. The molecule has 3 nitrogen and oxygen atoms in total. The van der Waals surface area contributed by atoms with Gasteiger partial charge in [0.05, 0.1) is 18.5 Å². The maximum absolute atomic E-state index is 10.2. The third-order valence-corrected chi connectivity index (χ3v) is 2.65. The monoisotopic (exact) mass is 213 g/mol. The molecule has 3 heteroatoms. The standard InChI is InChI=1S/C12H23NO2/c1-10(2)7-13-9-12(3,14)11-5-4-6-15-8-11/h8,10,13-14H,4-7,9H2,1-3H3. The van der Waals surface area contributed by atoms with Gasteiger partial charge in [-0.2, -0.15) is 0 Å². The van der Waals surface area contributed by atoms with Gasteiger partial charge in [0.2, 0.25) is 0 Å². The Kier molecular flexibility index (Phi) is 4.61. The van der Waals surface area contributed by atoms with Gasteiger partial charge in [0.25, 0.3) is 0 Å². The molecule has 1 heterocycles. The fourth-order valence-corrected chi connectivity index (χ4v) is 1.68. The van der Waals surface area contributed by atoms with Crippen molar-refractivity contribution in [2.45, 2.75) is 39.2 Å². The van der Waals surface area contributed by atoms with E-state index in [4.69, 9.17) is 4.74 Å². The van der Waals surface area contributed by atoms with Crippen molar-refractivity contribution in [2.24, 2.45) is 5.92 Å². The molecule has 0 radical (unpaired) electrons. The van der Waals surface area contributed by atoms with Gasteiger partial charge in [0, 0.05) is 6.54 Å². The molecule has 0 aromatic rings. The second kappa shape index (κ2) is 5.52. The van der Waals surface area contributed by atoms with Crippen molar-refractivity contribution in [3.63, 3.8) is 0 Å². The molecule has 15 heavy (non-hydrogen) atoms. The zero-order valence-electron chi connectivity index (χ0n) is 10.0. The van der Waals surface area contributed by atoms with E-state index < -0.39 is 5.60 Å². The summed E-state index contributed by atoms with van der Waals surface area (Å²) in [6, 6.07) is 0. The quantitative estimate of drug-likeness (QED) is 0.730. The zero-order valence-corrected chi connectivity index (χ0v) is 10.0. The van der Waals surface area contributed by atoms with Crippen LogP contribution in [-0.2, 0) is 4.74 Å². The predicted molar refractivity (Wildman–Crippen MR) is 61.6 cm³/mol. The highest BCUT2D eigenvalue weighted by Gasteiger charge is 2.26. The van der Waals surface area contributed by atoms with E-state index in [-0.39, 0.29) is 0 Å². The van der Waals surface area contributed by atoms with Crippen LogP contribution in [0.4, 0.5) is 0 Å². The summed E-state index contributed by atoms with van der Waals surface area (Å²) in [6.45, 7) is 8.47. The van der Waals surface area contributed by atoms with Crippen LogP contribution in [-0.4, -0.2) is 30.4 Å². The molecule has 0 saturated heterocycles. The van der Waals surface area contributed by atoms with E-state index in [0.29, 0.717) is 12.5 Å². The minimum Gasteiger partial charge on any atom is -0.501 e. The predicted octanol–water partition coefficient (Wildman–Crippen LogP) is 1.68. The molecule has 88 valence electrons. The summed E-state index contributed by atoms with van der Waals surface area (Å²) >= 11 is 0. The van der Waals surface area contributed by atoms with E-state index in [2.05, 4.69) is 19.2 Å². The van der Waals surface area contributed by atoms with E-state index in [9.17, 15) is 5.11 Å². The van der Waals surface area contributed by atoms with Gasteiger partial charge < -0.3 is 15.2 Å². The first-order chi connectivity index (χ1) is 7.02. The second-order valence-corrected chi connectivity index (χ2v) is 4.92. The highest BCUT2D eigenvalue weighted by molar-refractivity contribution is 5.15. The Labute approximate surface area is 92.5 Å². The second-order valence-electron chi connectivity index (χ2n) is 4.92. The molecule has 0 aromatic carbocycles. The Morgan fingerprint density at radius 3 is 2.87 bits per heavy atom. The smallest absolute Gasteiger partial charge is 0.0984 e. The van der Waals surface area contributed by atoms with Gasteiger partial charge in [-0.15, -0.1) is 0 Å². The number of hydrogen-bond acceptors (Lipinski definition) is 3. The molecule has 0 aromatic heterocycles. The molecular weight excluding hydrogens is 190 g/mol. The molecule has 1 aliphatic heterocycles. The molecule has 2 N–H and O–H groups in total. The van der Waals surface area contributed by atoms with Crippen molar-refractivity contribution in [3.05, 3.63) is 11.8 Å². The lowest BCUT2D eigenvalue weighted by Gasteiger charge is -2.29. The van der Waals surface area contributed by atoms with Crippen molar-refractivity contribution in [1.82, 2.24) is 5.32 Å². The number of ether oxygens (including phenoxy) is 1. The van der Waals surface area contributed by atoms with E-state index in [1.807, 2.05) is 6.92 Å². The van der Waals surface area contributed by atoms with Crippen LogP contribution in [0.25, 0.3) is 0 Å². The molecule has 0 aliphatic carbocycles. The van der Waals surface area contributed by atoms with Gasteiger partial charge in [-0.25, -0.2) is 0 Å². The number of aliphatic hydroxyl groups is 1. The van der Waals surface area contributed by atoms with Crippen LogP contribution in [0.1, 0.15) is 33.6 Å². The van der Waals surface area contributed by atoms with Crippen LogP contribution in [0.3, 0.4) is 0 Å². The first-order valence-corrected chi connectivity index (χ1v) is 5.76. The van der Waals surface area contributed by atoms with Gasteiger partial charge >= 0.3 is 0 Å². The molecule has 0 fully saturated rings. The largest absolute Gasteiger partial charge is 0.501 e. The lowest BCUT2D eigenvalue weighted by molar-refractivity contribution is 0.0791.